The number of unbranched alkanes of at least 4 members (excludes halogenated alkanes) is 6. The second kappa shape index (κ2) is 50.0. The van der Waals surface area contributed by atoms with E-state index in [9.17, 15) is 124 Å². The Hall–Kier alpha value is -10.9. The molecule has 4 fully saturated rings. The summed E-state index contributed by atoms with van der Waals surface area (Å²) in [6.07, 6.45) is 4.59. The summed E-state index contributed by atoms with van der Waals surface area (Å²) in [7, 11) is -7.52. The minimum atomic E-state index is -5.05. The number of carbonyl (C=O) groups excluding carboxylic acids is 12. The number of hydrogen-bond acceptors (Lipinski definition) is 36. The Bertz CT molecular complexity index is 4980. The van der Waals surface area contributed by atoms with E-state index in [4.69, 9.17) is 9.68 Å². The first-order chi connectivity index (χ1) is 54.9. The maximum atomic E-state index is 12.4. The van der Waals surface area contributed by atoms with Gasteiger partial charge in [-0.1, -0.05) is 47.3 Å². The predicted octanol–water partition coefficient (Wildman–Crippen LogP) is 0.752. The van der Waals surface area contributed by atoms with Gasteiger partial charge in [0.1, 0.15) is 69.2 Å². The zero-order chi connectivity index (χ0) is 86.0. The average Bonchev–Trinajstić information content (AvgIpc) is 1.66. The van der Waals surface area contributed by atoms with Crippen LogP contribution in [0.5, 0.6) is 0 Å². The van der Waals surface area contributed by atoms with Gasteiger partial charge in [-0.25, -0.2) is 31.2 Å². The molecule has 4 aliphatic heterocycles. The van der Waals surface area contributed by atoms with Gasteiger partial charge in [-0.3, -0.25) is 88.4 Å². The summed E-state index contributed by atoms with van der Waals surface area (Å²) in [6, 6.07) is 17.0. The fourth-order valence-corrected chi connectivity index (χ4v) is 13.9. The second-order valence-electron chi connectivity index (χ2n) is 24.1. The monoisotopic (exact) mass is 1740 g/mol. The summed E-state index contributed by atoms with van der Waals surface area (Å²) >= 11 is 0. The van der Waals surface area contributed by atoms with Crippen LogP contribution in [0.4, 0.5) is 45.5 Å². The van der Waals surface area contributed by atoms with Crippen LogP contribution in [-0.4, -0.2) is 205 Å². The van der Waals surface area contributed by atoms with Crippen molar-refractivity contribution in [3.8, 4) is 0 Å². The smallest absolute Gasteiger partial charge is 1.00 e. The van der Waals surface area contributed by atoms with Crippen molar-refractivity contribution < 1.29 is 204 Å². The Morgan fingerprint density at radius 2 is 0.788 bits per heavy atom. The van der Waals surface area contributed by atoms with E-state index in [0.29, 0.717) is 95.4 Å². The van der Waals surface area contributed by atoms with Crippen molar-refractivity contribution in [2.24, 2.45) is 20.5 Å². The van der Waals surface area contributed by atoms with E-state index < -0.39 is 134 Å². The molecule has 0 aromatic heterocycles. The van der Waals surface area contributed by atoms with Crippen LogP contribution in [0, 0.1) is 40.5 Å². The third-order valence-corrected chi connectivity index (χ3v) is 20.7. The largest absolute Gasteiger partial charge is 1.00 e. The molecule has 2 unspecified atom stereocenters. The molecule has 4 saturated heterocycles. The minimum Gasteiger partial charge on any atom is -1.00 e. The molecule has 118 heavy (non-hydrogen) atoms. The molecule has 0 aliphatic carbocycles. The van der Waals surface area contributed by atoms with Crippen LogP contribution in [0.2, 0.25) is 0 Å². The number of hydroxylamine groups is 8. The quantitative estimate of drug-likeness (QED) is 0.00508. The number of amides is 8. The zero-order valence-corrected chi connectivity index (χ0v) is 70.2. The van der Waals surface area contributed by atoms with Gasteiger partial charge in [0.2, 0.25) is 0 Å². The van der Waals surface area contributed by atoms with Crippen LogP contribution in [0.1, 0.15) is 152 Å². The van der Waals surface area contributed by atoms with Crippen molar-refractivity contribution in [1.82, 2.24) is 20.3 Å². The third-order valence-electron chi connectivity index (χ3n) is 16.0. The van der Waals surface area contributed by atoms with Gasteiger partial charge in [0.15, 0.2) is 17.2 Å². The summed E-state index contributed by atoms with van der Waals surface area (Å²) in [4.78, 5) is 215. The molecule has 0 N–H and O–H groups in total. The van der Waals surface area contributed by atoms with Gasteiger partial charge in [0.25, 0.3) is 96.9 Å². The number of aryl methyl sites for hydroxylation is 2. The van der Waals surface area contributed by atoms with Crippen molar-refractivity contribution in [2.75, 3.05) is 11.5 Å². The number of benzene rings is 4. The number of carbonyl (C=O) groups is 12. The van der Waals surface area contributed by atoms with Crippen molar-refractivity contribution >= 4 is 185 Å². The van der Waals surface area contributed by atoms with Gasteiger partial charge in [0, 0.05) is 111 Å². The van der Waals surface area contributed by atoms with Crippen molar-refractivity contribution in [1.29, 1.82) is 0 Å². The number of nitro benzene ring substituents is 4. The number of Topliss-reactive ketones (excluding diaryl/α,β-unsaturated/α-hetero) is 1. The molecule has 4 aromatic rings. The average molecular weight is 1740 g/mol. The van der Waals surface area contributed by atoms with E-state index in [-0.39, 0.29) is 175 Å². The topological polar surface area (TPSA) is 648 Å². The number of rotatable bonds is 39. The van der Waals surface area contributed by atoms with E-state index in [1.165, 1.54) is 70.1 Å². The Labute approximate surface area is 723 Å². The van der Waals surface area contributed by atoms with Gasteiger partial charge in [0.05, 0.1) is 50.1 Å². The molecule has 4 aliphatic rings. The summed E-state index contributed by atoms with van der Waals surface area (Å²) < 4.78 is 65.8. The number of nitrogens with zero attached hydrogens (tertiary/aromatic N) is 16. The Morgan fingerprint density at radius 3 is 1.19 bits per heavy atom. The van der Waals surface area contributed by atoms with Crippen LogP contribution in [0.15, 0.2) is 93.3 Å². The maximum Gasteiger partial charge on any atom is 1.00 e. The SMILES string of the molecule is C=[N+]=Nc1ccc(CCCCCCC(=O)ON2C(=O)CC(S(=O)(=O)[O-])C2=O)c([N+](=O)[O-])c1.C=[N+]=Nc1ccc(CCCCCCC(=O)ON2C(=O)CCC2=O)c([N+](=O)[O-])c1.C=[N+]=Nc1ccc([N+](=O)[O-])c(C(=O)CCCSSCCC(=O)ON2C(=O)CC(S(=O)(=O)[O-])C2=O)c1.C=[N+]=Nc1ccc([N+](=O)[O-])c(CON2C(=O)CCC2=O)c1.[H-].[H-].[Na+].[Na+]. The molecule has 0 bridgehead atoms. The fourth-order valence-electron chi connectivity index (χ4n) is 10.5. The fraction of sp³-hybridized carbons (Fsp3) is 0.394. The number of ketones is 1. The van der Waals surface area contributed by atoms with Gasteiger partial charge in [-0.2, -0.15) is 5.06 Å². The van der Waals surface area contributed by atoms with Crippen LogP contribution < -0.4 is 59.1 Å². The summed E-state index contributed by atoms with van der Waals surface area (Å²) in [5.74, 6) is -9.11. The second-order valence-corrected chi connectivity index (χ2v) is 29.9. The van der Waals surface area contributed by atoms with Crippen molar-refractivity contribution in [3.63, 3.8) is 0 Å². The molecular formula is C66H72N16Na2O30S4+2. The molecule has 4 heterocycles. The molecule has 0 spiro atoms. The van der Waals surface area contributed by atoms with E-state index in [1.54, 1.807) is 24.3 Å². The molecule has 2 atom stereocenters. The molecule has 620 valence electrons. The van der Waals surface area contributed by atoms with E-state index in [1.807, 2.05) is 0 Å². The predicted molar refractivity (Wildman–Crippen MR) is 394 cm³/mol. The Balaban J connectivity index is 0.000000802. The van der Waals surface area contributed by atoms with Crippen molar-refractivity contribution in [2.45, 2.75) is 152 Å². The number of imide groups is 4. The Morgan fingerprint density at radius 1 is 0.432 bits per heavy atom. The molecule has 0 radical (unpaired) electrons. The Kier molecular flexibility index (Phi) is 42.9. The van der Waals surface area contributed by atoms with Crippen LogP contribution >= 0.6 is 21.6 Å². The number of nitro groups is 4. The third kappa shape index (κ3) is 32.2. The van der Waals surface area contributed by atoms with Gasteiger partial charge in [-0.15, -0.1) is 15.2 Å². The molecular weight excluding hydrogens is 1670 g/mol. The molecule has 52 heteroatoms. The van der Waals surface area contributed by atoms with Gasteiger partial charge >= 0.3 is 77.0 Å². The molecule has 0 saturated carbocycles. The first-order valence-corrected chi connectivity index (χ1v) is 39.5. The van der Waals surface area contributed by atoms with Crippen molar-refractivity contribution in [3.05, 3.63) is 136 Å². The first kappa shape index (κ1) is 101. The molecule has 4 aromatic carbocycles. The molecule has 8 rings (SSSR count). The minimum absolute atomic E-state index is 0. The molecule has 46 nitrogen and oxygen atoms in total. The standard InChI is InChI=1S/C18H18N4O10S3.C18H20N4O9S.C18H21N4O6.C12H11N4O5.2Na.2H/c1-19-20-11-4-5-13(22(27)28)12(9-11)14(23)3-2-7-33-34-8-6-17(25)32-21-16(24)10-15(18(21)26)35(29,30)31;1-19-20-13-9-8-12(14(10-13)22(26)27)6-4-2-3-5-7-17(24)31-21-16(23)11-15(18(21)25)32(28,29)30;1-19-20-14-9-8-13(15(12-14)22(26)27)6-4-2-3-5-7-18(25)28-21-16(23)10-11-17(21)24;1-13-14-9-2-3-10(16(19)20)8(6-9)7-21-15-11(17)4-5-12(15)18;;;;/h4-5,9,15H,1-3,6-8,10H2;8-10,15H,1-7,11H2;8-9,12H,1-7,10-11H2;2-3,6H,1,4-5,7H2;;;;/q;;4*+1;2*-1. The normalized spacial score (nSPS) is 14.7. The summed E-state index contributed by atoms with van der Waals surface area (Å²) in [6.45, 7) is 12.5. The summed E-state index contributed by atoms with van der Waals surface area (Å²) in [5.41, 5.74) is 1.93. The van der Waals surface area contributed by atoms with Crippen LogP contribution in [-0.2, 0) is 112 Å². The van der Waals surface area contributed by atoms with Crippen LogP contribution in [0.25, 0.3) is 0 Å². The van der Waals surface area contributed by atoms with Crippen LogP contribution in [0.3, 0.4) is 0 Å². The van der Waals surface area contributed by atoms with E-state index in [0.717, 1.165) is 19.3 Å². The zero-order valence-electron chi connectivity index (χ0n) is 64.9. The number of hydrogen-bond donors (Lipinski definition) is 0. The van der Waals surface area contributed by atoms with E-state index in [2.05, 4.69) is 76.2 Å². The van der Waals surface area contributed by atoms with E-state index >= 15 is 0 Å². The maximum absolute atomic E-state index is 12.4. The first-order valence-electron chi connectivity index (χ1n) is 34.1. The summed E-state index contributed by atoms with van der Waals surface area (Å²) in [5, 5.41) is 56.2. The van der Waals surface area contributed by atoms with Gasteiger partial charge < -0.3 is 26.5 Å². The van der Waals surface area contributed by atoms with Gasteiger partial charge in [-0.05, 0) is 93.5 Å². The molecule has 8 amide bonds.